The van der Waals surface area contributed by atoms with Gasteiger partial charge in [0.25, 0.3) is 0 Å². The van der Waals surface area contributed by atoms with Gasteiger partial charge >= 0.3 is 5.97 Å². The Morgan fingerprint density at radius 3 is 2.44 bits per heavy atom. The molecule has 1 N–H and O–H groups in total. The number of carbonyl (C=O) groups is 2. The number of carboxylic acids is 1. The van der Waals surface area contributed by atoms with Crippen LogP contribution in [0.5, 0.6) is 0 Å². The van der Waals surface area contributed by atoms with Crippen LogP contribution in [0.15, 0.2) is 18.2 Å². The van der Waals surface area contributed by atoms with Gasteiger partial charge in [0.05, 0.1) is 10.9 Å². The number of carbonyl (C=O) groups excluding carboxylic acids is 1. The normalized spacial score (nSPS) is 12.5. The summed E-state index contributed by atoms with van der Waals surface area (Å²) < 4.78 is 12.9. The summed E-state index contributed by atoms with van der Waals surface area (Å²) in [6.07, 6.45) is -0.116. The van der Waals surface area contributed by atoms with E-state index < -0.39 is 17.7 Å². The fourth-order valence-electron chi connectivity index (χ4n) is 1.60. The average Bonchev–Trinajstić information content (AvgIpc) is 2.28. The molecule has 0 aromatic heterocycles. The average molecular weight is 273 g/mol. The Bertz CT molecular complexity index is 471. The fourth-order valence-corrected chi connectivity index (χ4v) is 1.78. The van der Waals surface area contributed by atoms with E-state index in [4.69, 9.17) is 16.7 Å². The highest BCUT2D eigenvalue weighted by atomic mass is 35.5. The second-order valence-corrected chi connectivity index (χ2v) is 4.85. The number of rotatable bonds is 5. The van der Waals surface area contributed by atoms with Gasteiger partial charge < -0.3 is 5.11 Å². The number of ketones is 1. The molecule has 1 aromatic carbocycles. The molecule has 0 heterocycles. The Morgan fingerprint density at radius 2 is 2.00 bits per heavy atom. The van der Waals surface area contributed by atoms with E-state index in [1.807, 2.05) is 0 Å². The van der Waals surface area contributed by atoms with E-state index in [0.717, 1.165) is 6.07 Å². The second-order valence-electron chi connectivity index (χ2n) is 4.44. The van der Waals surface area contributed by atoms with Crippen LogP contribution < -0.4 is 0 Å². The molecule has 0 aliphatic rings. The minimum absolute atomic E-state index is 0.116. The molecule has 18 heavy (non-hydrogen) atoms. The molecule has 98 valence electrons. The lowest BCUT2D eigenvalue weighted by Crippen LogP contribution is -2.23. The summed E-state index contributed by atoms with van der Waals surface area (Å²) in [5.74, 6) is -2.86. The molecule has 0 bridgehead atoms. The van der Waals surface area contributed by atoms with E-state index in [-0.39, 0.29) is 28.7 Å². The lowest BCUT2D eigenvalue weighted by Gasteiger charge is -2.15. The zero-order chi connectivity index (χ0) is 13.9. The van der Waals surface area contributed by atoms with Crippen molar-refractivity contribution in [3.8, 4) is 0 Å². The summed E-state index contributed by atoms with van der Waals surface area (Å²) in [6.45, 7) is 3.48. The molecule has 3 nitrogen and oxygen atoms in total. The SMILES string of the molecule is CC(C)C(CC(=O)c1ccc(F)c(Cl)c1)C(=O)O. The second kappa shape index (κ2) is 5.96. The first-order chi connectivity index (χ1) is 8.32. The van der Waals surface area contributed by atoms with Gasteiger partial charge in [-0.3, -0.25) is 9.59 Å². The molecule has 0 amide bonds. The third-order valence-corrected chi connectivity index (χ3v) is 3.06. The number of hydrogen-bond donors (Lipinski definition) is 1. The maximum absolute atomic E-state index is 12.9. The molecule has 0 saturated carbocycles. The maximum Gasteiger partial charge on any atom is 0.307 e. The third-order valence-electron chi connectivity index (χ3n) is 2.77. The maximum atomic E-state index is 12.9. The van der Waals surface area contributed by atoms with Crippen LogP contribution in [0.4, 0.5) is 4.39 Å². The summed E-state index contributed by atoms with van der Waals surface area (Å²) >= 11 is 5.58. The predicted molar refractivity (Wildman–Crippen MR) is 66.3 cm³/mol. The molecule has 1 rings (SSSR count). The van der Waals surface area contributed by atoms with Gasteiger partial charge in [0.2, 0.25) is 0 Å². The van der Waals surface area contributed by atoms with Crippen LogP contribution in [-0.2, 0) is 4.79 Å². The fraction of sp³-hybridized carbons (Fsp3) is 0.385. The van der Waals surface area contributed by atoms with E-state index in [2.05, 4.69) is 0 Å². The minimum atomic E-state index is -1.01. The van der Waals surface area contributed by atoms with E-state index >= 15 is 0 Å². The molecule has 0 fully saturated rings. The monoisotopic (exact) mass is 272 g/mol. The lowest BCUT2D eigenvalue weighted by molar-refractivity contribution is -0.143. The number of aliphatic carboxylic acids is 1. The van der Waals surface area contributed by atoms with E-state index in [1.54, 1.807) is 13.8 Å². The van der Waals surface area contributed by atoms with Gasteiger partial charge in [-0.2, -0.15) is 0 Å². The Kier molecular flexibility index (Phi) is 4.84. The third kappa shape index (κ3) is 3.53. The summed E-state index contributed by atoms with van der Waals surface area (Å²) in [7, 11) is 0. The van der Waals surface area contributed by atoms with Crippen molar-refractivity contribution in [1.29, 1.82) is 0 Å². The van der Waals surface area contributed by atoms with Crippen molar-refractivity contribution in [3.05, 3.63) is 34.6 Å². The predicted octanol–water partition coefficient (Wildman–Crippen LogP) is 3.41. The highest BCUT2D eigenvalue weighted by molar-refractivity contribution is 6.31. The van der Waals surface area contributed by atoms with Gasteiger partial charge in [-0.1, -0.05) is 25.4 Å². The number of benzene rings is 1. The summed E-state index contributed by atoms with van der Waals surface area (Å²) in [6, 6.07) is 3.63. The van der Waals surface area contributed by atoms with E-state index in [1.165, 1.54) is 12.1 Å². The van der Waals surface area contributed by atoms with Gasteiger partial charge in [-0.05, 0) is 24.1 Å². The standard InChI is InChI=1S/C13H14ClFO3/c1-7(2)9(13(17)18)6-12(16)8-3-4-11(15)10(14)5-8/h3-5,7,9H,6H2,1-2H3,(H,17,18). The molecule has 0 radical (unpaired) electrons. The van der Waals surface area contributed by atoms with Crippen molar-refractivity contribution in [3.63, 3.8) is 0 Å². The molecule has 0 saturated heterocycles. The molecular weight excluding hydrogens is 259 g/mol. The summed E-state index contributed by atoms with van der Waals surface area (Å²) in [5.41, 5.74) is 0.230. The minimum Gasteiger partial charge on any atom is -0.481 e. The van der Waals surface area contributed by atoms with Crippen molar-refractivity contribution in [2.75, 3.05) is 0 Å². The van der Waals surface area contributed by atoms with Gasteiger partial charge in [-0.15, -0.1) is 0 Å². The van der Waals surface area contributed by atoms with Crippen LogP contribution in [0.1, 0.15) is 30.6 Å². The molecule has 5 heteroatoms. The molecule has 0 spiro atoms. The Morgan fingerprint density at radius 1 is 1.39 bits per heavy atom. The van der Waals surface area contributed by atoms with Gasteiger partial charge in [-0.25, -0.2) is 4.39 Å². The van der Waals surface area contributed by atoms with Crippen LogP contribution >= 0.6 is 11.6 Å². The van der Waals surface area contributed by atoms with Crippen molar-refractivity contribution in [1.82, 2.24) is 0 Å². The van der Waals surface area contributed by atoms with Crippen molar-refractivity contribution in [2.45, 2.75) is 20.3 Å². The first-order valence-corrected chi connectivity index (χ1v) is 5.91. The smallest absolute Gasteiger partial charge is 0.307 e. The van der Waals surface area contributed by atoms with E-state index in [0.29, 0.717) is 0 Å². The van der Waals surface area contributed by atoms with Crippen LogP contribution in [0.3, 0.4) is 0 Å². The number of Topliss-reactive ketones (excluding diaryl/α,β-unsaturated/α-hetero) is 1. The Labute approximate surface area is 110 Å². The van der Waals surface area contributed by atoms with Crippen LogP contribution in [0.2, 0.25) is 5.02 Å². The van der Waals surface area contributed by atoms with Gasteiger partial charge in [0, 0.05) is 12.0 Å². The molecule has 0 aliphatic heterocycles. The summed E-state index contributed by atoms with van der Waals surface area (Å²) in [4.78, 5) is 22.9. The van der Waals surface area contributed by atoms with Crippen molar-refractivity contribution >= 4 is 23.4 Å². The van der Waals surface area contributed by atoms with Crippen LogP contribution in [-0.4, -0.2) is 16.9 Å². The molecule has 0 aliphatic carbocycles. The molecule has 1 atom stereocenters. The first-order valence-electron chi connectivity index (χ1n) is 5.54. The zero-order valence-electron chi connectivity index (χ0n) is 10.1. The number of carboxylic acid groups (broad SMARTS) is 1. The Hall–Kier alpha value is -1.42. The lowest BCUT2D eigenvalue weighted by atomic mass is 9.89. The van der Waals surface area contributed by atoms with Gasteiger partial charge in [0.1, 0.15) is 5.82 Å². The van der Waals surface area contributed by atoms with Crippen LogP contribution in [0.25, 0.3) is 0 Å². The molecule has 1 aromatic rings. The zero-order valence-corrected chi connectivity index (χ0v) is 10.9. The largest absolute Gasteiger partial charge is 0.481 e. The quantitative estimate of drug-likeness (QED) is 0.836. The number of halogens is 2. The topological polar surface area (TPSA) is 54.4 Å². The van der Waals surface area contributed by atoms with Crippen molar-refractivity contribution in [2.24, 2.45) is 11.8 Å². The molecule has 1 unspecified atom stereocenters. The van der Waals surface area contributed by atoms with Crippen LogP contribution in [0, 0.1) is 17.7 Å². The van der Waals surface area contributed by atoms with E-state index in [9.17, 15) is 14.0 Å². The van der Waals surface area contributed by atoms with Gasteiger partial charge in [0.15, 0.2) is 5.78 Å². The molecular formula is C13H14ClFO3. The highest BCUT2D eigenvalue weighted by Gasteiger charge is 2.25. The Balaban J connectivity index is 2.87. The van der Waals surface area contributed by atoms with Crippen molar-refractivity contribution < 1.29 is 19.1 Å². The first kappa shape index (κ1) is 14.6. The number of hydrogen-bond acceptors (Lipinski definition) is 2. The summed E-state index contributed by atoms with van der Waals surface area (Å²) in [5, 5.41) is 8.86. The highest BCUT2D eigenvalue weighted by Crippen LogP contribution is 2.21.